The molecule has 0 fully saturated rings. The molecule has 2 N–H and O–H groups in total. The Balaban J connectivity index is 1.81. The number of amides is 1. The predicted molar refractivity (Wildman–Crippen MR) is 98.4 cm³/mol. The number of fused-ring (bicyclic) bond motifs is 1. The molecule has 0 spiro atoms. The molecule has 0 radical (unpaired) electrons. The lowest BCUT2D eigenvalue weighted by molar-refractivity contribution is -0.122. The number of hydrogen-bond donors (Lipinski definition) is 2. The smallest absolute Gasteiger partial charge is 0.329 e. The number of H-pyrrole nitrogens is 1. The average molecular weight is 353 g/mol. The van der Waals surface area contributed by atoms with E-state index in [1.54, 1.807) is 31.4 Å². The highest BCUT2D eigenvalue weighted by Gasteiger charge is 2.14. The first-order valence-corrected chi connectivity index (χ1v) is 8.15. The number of ether oxygens (including phenoxy) is 1. The summed E-state index contributed by atoms with van der Waals surface area (Å²) in [5.41, 5.74) is 0.202. The quantitative estimate of drug-likeness (QED) is 0.728. The lowest BCUT2D eigenvalue weighted by Crippen LogP contribution is -2.41. The summed E-state index contributed by atoms with van der Waals surface area (Å²) in [6, 6.07) is 13.7. The van der Waals surface area contributed by atoms with Crippen molar-refractivity contribution < 1.29 is 9.53 Å². The van der Waals surface area contributed by atoms with E-state index in [1.807, 2.05) is 31.2 Å². The third-order valence-electron chi connectivity index (χ3n) is 4.16. The number of rotatable bonds is 5. The van der Waals surface area contributed by atoms with E-state index in [4.69, 9.17) is 4.74 Å². The molecule has 0 saturated carbocycles. The zero-order valence-electron chi connectivity index (χ0n) is 14.5. The molecule has 7 nitrogen and oxygen atoms in total. The number of benzene rings is 2. The molecule has 26 heavy (non-hydrogen) atoms. The SMILES string of the molecule is COc1cccc(C(C)NC(=O)Cn2c(=O)[nH]c3ccccc3c2=O)c1. The minimum absolute atomic E-state index is 0.298. The molecular formula is C19H19N3O4. The van der Waals surface area contributed by atoms with Gasteiger partial charge in [0.25, 0.3) is 5.56 Å². The Kier molecular flexibility index (Phi) is 4.88. The number of nitrogens with one attached hydrogen (secondary N) is 2. The van der Waals surface area contributed by atoms with E-state index in [0.717, 1.165) is 10.1 Å². The Morgan fingerprint density at radius 3 is 2.73 bits per heavy atom. The fourth-order valence-corrected chi connectivity index (χ4v) is 2.77. The molecule has 1 atom stereocenters. The predicted octanol–water partition coefficient (Wildman–Crippen LogP) is 1.58. The molecule has 134 valence electrons. The van der Waals surface area contributed by atoms with Crippen LogP contribution >= 0.6 is 0 Å². The number of para-hydroxylation sites is 1. The fraction of sp³-hybridized carbons (Fsp3) is 0.211. The Hall–Kier alpha value is -3.35. The van der Waals surface area contributed by atoms with Crippen LogP contribution in [0.15, 0.2) is 58.1 Å². The highest BCUT2D eigenvalue weighted by Crippen LogP contribution is 2.18. The highest BCUT2D eigenvalue weighted by molar-refractivity contribution is 5.79. The second kappa shape index (κ2) is 7.26. The average Bonchev–Trinajstić information content (AvgIpc) is 2.65. The first-order chi connectivity index (χ1) is 12.5. The van der Waals surface area contributed by atoms with Gasteiger partial charge in [0.1, 0.15) is 12.3 Å². The van der Waals surface area contributed by atoms with Gasteiger partial charge in [0.2, 0.25) is 5.91 Å². The van der Waals surface area contributed by atoms with Gasteiger partial charge >= 0.3 is 5.69 Å². The standard InChI is InChI=1S/C19H19N3O4/c1-12(13-6-5-7-14(10-13)26-2)20-17(23)11-22-18(24)15-8-3-4-9-16(15)21-19(22)25/h3-10,12H,11H2,1-2H3,(H,20,23)(H,21,25). The summed E-state index contributed by atoms with van der Waals surface area (Å²) in [7, 11) is 1.57. The van der Waals surface area contributed by atoms with E-state index in [-0.39, 0.29) is 12.6 Å². The van der Waals surface area contributed by atoms with Gasteiger partial charge in [0.05, 0.1) is 24.1 Å². The zero-order chi connectivity index (χ0) is 18.7. The molecule has 0 saturated heterocycles. The van der Waals surface area contributed by atoms with Crippen LogP contribution in [0.4, 0.5) is 0 Å². The normalized spacial score (nSPS) is 11.9. The van der Waals surface area contributed by atoms with E-state index in [9.17, 15) is 14.4 Å². The molecule has 1 amide bonds. The molecule has 1 heterocycles. The molecule has 1 aromatic heterocycles. The number of hydrogen-bond acceptors (Lipinski definition) is 4. The minimum atomic E-state index is -0.613. The van der Waals surface area contributed by atoms with Gasteiger partial charge in [-0.2, -0.15) is 0 Å². The first kappa shape index (κ1) is 17.5. The van der Waals surface area contributed by atoms with E-state index >= 15 is 0 Å². The van der Waals surface area contributed by atoms with Gasteiger partial charge < -0.3 is 15.0 Å². The molecule has 3 aromatic rings. The molecule has 0 aliphatic heterocycles. The second-order valence-corrected chi connectivity index (χ2v) is 5.93. The lowest BCUT2D eigenvalue weighted by atomic mass is 10.1. The van der Waals surface area contributed by atoms with Crippen molar-refractivity contribution in [2.24, 2.45) is 0 Å². The molecule has 0 bridgehead atoms. The van der Waals surface area contributed by atoms with Crippen LogP contribution < -0.4 is 21.3 Å². The van der Waals surface area contributed by atoms with Crippen molar-refractivity contribution in [1.29, 1.82) is 0 Å². The monoisotopic (exact) mass is 353 g/mol. The number of carbonyl (C=O) groups is 1. The summed E-state index contributed by atoms with van der Waals surface area (Å²) in [5.74, 6) is 0.258. The van der Waals surface area contributed by atoms with E-state index in [2.05, 4.69) is 10.3 Å². The minimum Gasteiger partial charge on any atom is -0.497 e. The maximum Gasteiger partial charge on any atom is 0.329 e. The number of aromatic amines is 1. The van der Waals surface area contributed by atoms with Crippen molar-refractivity contribution in [1.82, 2.24) is 14.9 Å². The first-order valence-electron chi connectivity index (χ1n) is 8.15. The van der Waals surface area contributed by atoms with Crippen molar-refractivity contribution in [3.63, 3.8) is 0 Å². The van der Waals surface area contributed by atoms with Gasteiger partial charge in [0, 0.05) is 0 Å². The molecule has 0 aliphatic carbocycles. The van der Waals surface area contributed by atoms with Crippen LogP contribution in [0.5, 0.6) is 5.75 Å². The van der Waals surface area contributed by atoms with Crippen molar-refractivity contribution in [3.05, 3.63) is 74.9 Å². The Morgan fingerprint density at radius 1 is 1.19 bits per heavy atom. The third kappa shape index (κ3) is 3.51. The largest absolute Gasteiger partial charge is 0.497 e. The highest BCUT2D eigenvalue weighted by atomic mass is 16.5. The van der Waals surface area contributed by atoms with Crippen LogP contribution in [-0.2, 0) is 11.3 Å². The van der Waals surface area contributed by atoms with Gasteiger partial charge in [-0.15, -0.1) is 0 Å². The molecular weight excluding hydrogens is 334 g/mol. The van der Waals surface area contributed by atoms with Gasteiger partial charge in [-0.05, 0) is 36.8 Å². The summed E-state index contributed by atoms with van der Waals surface area (Å²) in [6.45, 7) is 1.47. The summed E-state index contributed by atoms with van der Waals surface area (Å²) >= 11 is 0. The maximum absolute atomic E-state index is 12.5. The molecule has 3 rings (SSSR count). The van der Waals surface area contributed by atoms with Gasteiger partial charge in [0.15, 0.2) is 0 Å². The van der Waals surface area contributed by atoms with Gasteiger partial charge in [-0.1, -0.05) is 24.3 Å². The summed E-state index contributed by atoms with van der Waals surface area (Å²) < 4.78 is 6.07. The Bertz CT molecular complexity index is 1070. The fourth-order valence-electron chi connectivity index (χ4n) is 2.77. The number of nitrogens with zero attached hydrogens (tertiary/aromatic N) is 1. The zero-order valence-corrected chi connectivity index (χ0v) is 14.5. The van der Waals surface area contributed by atoms with Gasteiger partial charge in [-0.25, -0.2) is 4.79 Å². The number of methoxy groups -OCH3 is 1. The van der Waals surface area contributed by atoms with Crippen LogP contribution in [0.2, 0.25) is 0 Å². The number of aromatic nitrogens is 2. The summed E-state index contributed by atoms with van der Waals surface area (Å²) in [5, 5.41) is 3.15. The van der Waals surface area contributed by atoms with E-state index in [1.165, 1.54) is 0 Å². The van der Waals surface area contributed by atoms with Crippen LogP contribution in [0.25, 0.3) is 10.9 Å². The van der Waals surface area contributed by atoms with Crippen LogP contribution in [0.1, 0.15) is 18.5 Å². The van der Waals surface area contributed by atoms with E-state index < -0.39 is 17.2 Å². The molecule has 2 aromatic carbocycles. The van der Waals surface area contributed by atoms with E-state index in [0.29, 0.717) is 16.7 Å². The van der Waals surface area contributed by atoms with Gasteiger partial charge in [-0.3, -0.25) is 14.2 Å². The maximum atomic E-state index is 12.5. The topological polar surface area (TPSA) is 93.2 Å². The van der Waals surface area contributed by atoms with Crippen molar-refractivity contribution >= 4 is 16.8 Å². The van der Waals surface area contributed by atoms with Crippen molar-refractivity contribution in [2.75, 3.05) is 7.11 Å². The van der Waals surface area contributed by atoms with Crippen LogP contribution in [0, 0.1) is 0 Å². The van der Waals surface area contributed by atoms with Crippen molar-refractivity contribution in [2.45, 2.75) is 19.5 Å². The van der Waals surface area contributed by atoms with Crippen LogP contribution in [-0.4, -0.2) is 22.6 Å². The molecule has 0 aliphatic rings. The Labute approximate surface area is 149 Å². The molecule has 1 unspecified atom stereocenters. The summed E-state index contributed by atoms with van der Waals surface area (Å²) in [6.07, 6.45) is 0. The third-order valence-corrected chi connectivity index (χ3v) is 4.16. The van der Waals surface area contributed by atoms with Crippen LogP contribution in [0.3, 0.4) is 0 Å². The number of carbonyl (C=O) groups excluding carboxylic acids is 1. The summed E-state index contributed by atoms with van der Waals surface area (Å²) in [4.78, 5) is 39.6. The van der Waals surface area contributed by atoms with Crippen molar-refractivity contribution in [3.8, 4) is 5.75 Å². The lowest BCUT2D eigenvalue weighted by Gasteiger charge is -2.15. The Morgan fingerprint density at radius 2 is 1.96 bits per heavy atom. The molecule has 7 heteroatoms. The second-order valence-electron chi connectivity index (χ2n) is 5.93.